The van der Waals surface area contributed by atoms with Crippen molar-refractivity contribution in [1.29, 1.82) is 5.26 Å². The number of hydrogen-bond donors (Lipinski definition) is 1. The maximum Gasteiger partial charge on any atom is 0.249 e. The summed E-state index contributed by atoms with van der Waals surface area (Å²) in [4.78, 5) is 21.0. The molecule has 0 unspecified atom stereocenters. The number of imidazole rings is 1. The molecule has 0 saturated heterocycles. The Morgan fingerprint density at radius 1 is 1.08 bits per heavy atom. The van der Waals surface area contributed by atoms with Gasteiger partial charge in [0.05, 0.1) is 11.0 Å². The number of amides is 1. The van der Waals surface area contributed by atoms with Gasteiger partial charge in [-0.05, 0) is 23.8 Å². The Morgan fingerprint density at radius 2 is 1.85 bits per heavy atom. The second-order valence-electron chi connectivity index (χ2n) is 5.62. The Labute approximate surface area is 149 Å². The molecule has 0 aliphatic carbocycles. The van der Waals surface area contributed by atoms with Crippen LogP contribution in [-0.2, 0) is 4.79 Å². The van der Waals surface area contributed by atoms with Crippen LogP contribution in [0.2, 0.25) is 0 Å². The van der Waals surface area contributed by atoms with Crippen LogP contribution in [0.15, 0.2) is 66.9 Å². The second-order valence-corrected chi connectivity index (χ2v) is 5.62. The lowest BCUT2D eigenvalue weighted by Crippen LogP contribution is -2.11. The highest BCUT2D eigenvalue weighted by molar-refractivity contribution is 6.02. The van der Waals surface area contributed by atoms with Crippen LogP contribution in [0.5, 0.6) is 0 Å². The standard InChI is InChI=1S/C20H13N5O/c21-12-15-13-25-17-9-5-4-8-16(17)22-20(25)24-19(15)23-18(26)11-10-14-6-2-1-3-7-14/h1-11,13H,(H,22,23,24,26)/b11-10+. The third-order valence-corrected chi connectivity index (χ3v) is 3.89. The number of nitrogens with one attached hydrogen (secondary N) is 1. The molecule has 4 aromatic rings. The van der Waals surface area contributed by atoms with Gasteiger partial charge in [0.1, 0.15) is 11.6 Å². The predicted octanol–water partition coefficient (Wildman–Crippen LogP) is 3.41. The van der Waals surface area contributed by atoms with E-state index in [9.17, 15) is 10.1 Å². The lowest BCUT2D eigenvalue weighted by molar-refractivity contribution is -0.111. The van der Waals surface area contributed by atoms with Crippen molar-refractivity contribution in [2.75, 3.05) is 5.32 Å². The van der Waals surface area contributed by atoms with E-state index in [2.05, 4.69) is 21.4 Å². The van der Waals surface area contributed by atoms with Crippen LogP contribution in [0, 0.1) is 11.3 Å². The van der Waals surface area contributed by atoms with Crippen LogP contribution in [0.25, 0.3) is 22.9 Å². The highest BCUT2D eigenvalue weighted by atomic mass is 16.1. The Kier molecular flexibility index (Phi) is 3.88. The minimum Gasteiger partial charge on any atom is -0.306 e. The molecule has 1 amide bonds. The predicted molar refractivity (Wildman–Crippen MR) is 99.3 cm³/mol. The molecule has 6 nitrogen and oxygen atoms in total. The largest absolute Gasteiger partial charge is 0.306 e. The van der Waals surface area contributed by atoms with E-state index < -0.39 is 0 Å². The molecule has 0 radical (unpaired) electrons. The maximum atomic E-state index is 12.2. The number of para-hydroxylation sites is 2. The first-order chi connectivity index (χ1) is 12.7. The lowest BCUT2D eigenvalue weighted by atomic mass is 10.2. The van der Waals surface area contributed by atoms with Gasteiger partial charge in [-0.25, -0.2) is 4.98 Å². The molecule has 0 saturated carbocycles. The third kappa shape index (κ3) is 2.89. The van der Waals surface area contributed by atoms with Gasteiger partial charge in [0.15, 0.2) is 5.82 Å². The molecule has 26 heavy (non-hydrogen) atoms. The molecule has 6 heteroatoms. The second kappa shape index (κ2) is 6.49. The number of nitrogens with zero attached hydrogens (tertiary/aromatic N) is 4. The van der Waals surface area contributed by atoms with Crippen molar-refractivity contribution in [3.63, 3.8) is 0 Å². The average Bonchev–Trinajstić information content (AvgIpc) is 3.04. The van der Waals surface area contributed by atoms with Crippen molar-refractivity contribution in [3.05, 3.63) is 78.0 Å². The van der Waals surface area contributed by atoms with Gasteiger partial charge < -0.3 is 5.32 Å². The van der Waals surface area contributed by atoms with Gasteiger partial charge in [0.25, 0.3) is 0 Å². The Hall–Kier alpha value is -3.98. The van der Waals surface area contributed by atoms with Crippen molar-refractivity contribution in [2.24, 2.45) is 0 Å². The van der Waals surface area contributed by atoms with E-state index in [1.807, 2.05) is 54.6 Å². The van der Waals surface area contributed by atoms with Crippen molar-refractivity contribution < 1.29 is 4.79 Å². The molecule has 1 N–H and O–H groups in total. The van der Waals surface area contributed by atoms with Crippen LogP contribution in [0.1, 0.15) is 11.1 Å². The molecule has 0 atom stereocenters. The zero-order valence-electron chi connectivity index (χ0n) is 13.6. The topological polar surface area (TPSA) is 83.1 Å². The summed E-state index contributed by atoms with van der Waals surface area (Å²) >= 11 is 0. The third-order valence-electron chi connectivity index (χ3n) is 3.89. The molecule has 0 aliphatic rings. The first-order valence-electron chi connectivity index (χ1n) is 7.96. The summed E-state index contributed by atoms with van der Waals surface area (Å²) in [5, 5.41) is 12.1. The Morgan fingerprint density at radius 3 is 2.65 bits per heavy atom. The molecule has 2 aromatic heterocycles. The van der Waals surface area contributed by atoms with Crippen molar-refractivity contribution in [3.8, 4) is 6.07 Å². The van der Waals surface area contributed by atoms with Crippen LogP contribution >= 0.6 is 0 Å². The smallest absolute Gasteiger partial charge is 0.249 e. The number of aromatic nitrogens is 3. The number of benzene rings is 2. The van der Waals surface area contributed by atoms with E-state index in [1.165, 1.54) is 6.08 Å². The Balaban J connectivity index is 1.67. The lowest BCUT2D eigenvalue weighted by Gasteiger charge is -2.04. The zero-order valence-corrected chi connectivity index (χ0v) is 13.6. The number of anilines is 1. The summed E-state index contributed by atoms with van der Waals surface area (Å²) in [5.74, 6) is 0.254. The minimum absolute atomic E-state index is 0.193. The number of carbonyl (C=O) groups excluding carboxylic acids is 1. The fourth-order valence-corrected chi connectivity index (χ4v) is 2.66. The quantitative estimate of drug-likeness (QED) is 0.580. The number of nitriles is 1. The molecule has 2 heterocycles. The fourth-order valence-electron chi connectivity index (χ4n) is 2.66. The minimum atomic E-state index is -0.363. The molecular weight excluding hydrogens is 326 g/mol. The Bertz CT molecular complexity index is 1190. The highest BCUT2D eigenvalue weighted by Crippen LogP contribution is 2.19. The van der Waals surface area contributed by atoms with E-state index in [1.54, 1.807) is 16.7 Å². The van der Waals surface area contributed by atoms with E-state index in [-0.39, 0.29) is 17.3 Å². The van der Waals surface area contributed by atoms with Gasteiger partial charge in [-0.2, -0.15) is 10.2 Å². The number of fused-ring (bicyclic) bond motifs is 3. The molecule has 0 fully saturated rings. The van der Waals surface area contributed by atoms with Gasteiger partial charge in [-0.3, -0.25) is 9.20 Å². The molecule has 4 rings (SSSR count). The normalized spacial score (nSPS) is 11.0. The van der Waals surface area contributed by atoms with Gasteiger partial charge in [-0.1, -0.05) is 42.5 Å². The summed E-state index contributed by atoms with van der Waals surface area (Å²) < 4.78 is 1.74. The number of rotatable bonds is 3. The average molecular weight is 339 g/mol. The summed E-state index contributed by atoms with van der Waals surface area (Å²) in [6.45, 7) is 0. The first kappa shape index (κ1) is 15.5. The monoisotopic (exact) mass is 339 g/mol. The SMILES string of the molecule is N#Cc1cn2c(nc1NC(=O)/C=C/c1ccccc1)nc1ccccc12. The molecular formula is C20H13N5O. The van der Waals surface area contributed by atoms with Gasteiger partial charge >= 0.3 is 0 Å². The van der Waals surface area contributed by atoms with E-state index in [4.69, 9.17) is 0 Å². The number of carbonyl (C=O) groups is 1. The van der Waals surface area contributed by atoms with E-state index in [0.717, 1.165) is 16.6 Å². The fraction of sp³-hybridized carbons (Fsp3) is 0. The molecule has 0 aliphatic heterocycles. The highest BCUT2D eigenvalue weighted by Gasteiger charge is 2.12. The van der Waals surface area contributed by atoms with E-state index >= 15 is 0 Å². The van der Waals surface area contributed by atoms with Crippen molar-refractivity contribution in [2.45, 2.75) is 0 Å². The summed E-state index contributed by atoms with van der Waals surface area (Å²) in [5.41, 5.74) is 2.80. The summed E-state index contributed by atoms with van der Waals surface area (Å²) in [6, 6.07) is 19.1. The molecule has 2 aromatic carbocycles. The molecule has 0 bridgehead atoms. The van der Waals surface area contributed by atoms with Gasteiger partial charge in [0.2, 0.25) is 11.7 Å². The molecule has 0 spiro atoms. The number of hydrogen-bond acceptors (Lipinski definition) is 4. The molecule has 124 valence electrons. The summed E-state index contributed by atoms with van der Waals surface area (Å²) in [7, 11) is 0. The summed E-state index contributed by atoms with van der Waals surface area (Å²) in [6.07, 6.45) is 4.74. The van der Waals surface area contributed by atoms with Crippen molar-refractivity contribution in [1.82, 2.24) is 14.4 Å². The van der Waals surface area contributed by atoms with Gasteiger partial charge in [0, 0.05) is 12.3 Å². The van der Waals surface area contributed by atoms with Crippen molar-refractivity contribution >= 4 is 34.6 Å². The first-order valence-corrected chi connectivity index (χ1v) is 7.96. The van der Waals surface area contributed by atoms with Crippen LogP contribution < -0.4 is 5.32 Å². The van der Waals surface area contributed by atoms with Gasteiger partial charge in [-0.15, -0.1) is 0 Å². The zero-order chi connectivity index (χ0) is 17.9. The van der Waals surface area contributed by atoms with Crippen LogP contribution in [0.4, 0.5) is 5.82 Å². The van der Waals surface area contributed by atoms with Crippen LogP contribution in [0.3, 0.4) is 0 Å². The van der Waals surface area contributed by atoms with Crippen LogP contribution in [-0.4, -0.2) is 20.3 Å². The van der Waals surface area contributed by atoms with E-state index in [0.29, 0.717) is 5.78 Å². The maximum absolute atomic E-state index is 12.2.